The molecule has 23 heteroatoms. The maximum absolute atomic E-state index is 13.8. The largest absolute Gasteiger partial charge is 0.490 e. The normalized spacial score (nSPS) is 16.6. The molecular formula is C36H40F9N5O9. The number of hydrogen-bond donors (Lipinski definition) is 4. The van der Waals surface area contributed by atoms with Crippen LogP contribution in [-0.4, -0.2) is 98.9 Å². The molecule has 14 nitrogen and oxygen atoms in total. The second-order valence-electron chi connectivity index (χ2n) is 12.6. The highest BCUT2D eigenvalue weighted by Gasteiger charge is 2.43. The number of rotatable bonds is 9. The van der Waals surface area contributed by atoms with Crippen LogP contribution in [0.5, 0.6) is 11.5 Å². The van der Waals surface area contributed by atoms with E-state index in [-0.39, 0.29) is 5.91 Å². The molecule has 2 heterocycles. The van der Waals surface area contributed by atoms with E-state index in [1.165, 1.54) is 0 Å². The van der Waals surface area contributed by atoms with Crippen molar-refractivity contribution in [1.29, 1.82) is 5.26 Å². The predicted molar refractivity (Wildman–Crippen MR) is 187 cm³/mol. The summed E-state index contributed by atoms with van der Waals surface area (Å²) in [7, 11) is 3.55. The average molecular weight is 858 g/mol. The van der Waals surface area contributed by atoms with E-state index in [9.17, 15) is 49.6 Å². The van der Waals surface area contributed by atoms with Gasteiger partial charge in [-0.2, -0.15) is 44.8 Å². The molecule has 0 spiro atoms. The number of amides is 1. The fraction of sp³-hybridized carbons (Fsp3) is 0.444. The van der Waals surface area contributed by atoms with Crippen LogP contribution in [0.2, 0.25) is 0 Å². The summed E-state index contributed by atoms with van der Waals surface area (Å²) in [6.07, 6.45) is -8.38. The van der Waals surface area contributed by atoms with Crippen molar-refractivity contribution in [1.82, 2.24) is 14.5 Å². The van der Waals surface area contributed by atoms with E-state index in [4.69, 9.17) is 44.9 Å². The summed E-state index contributed by atoms with van der Waals surface area (Å²) in [5.41, 5.74) is 8.24. The number of carbonyl (C=O) groups excluding carboxylic acids is 1. The Kier molecular flexibility index (Phi) is 18.4. The van der Waals surface area contributed by atoms with Gasteiger partial charge in [0, 0.05) is 27.2 Å². The molecule has 0 aliphatic carbocycles. The first-order valence-electron chi connectivity index (χ1n) is 16.9. The second-order valence-corrected chi connectivity index (χ2v) is 12.6. The fourth-order valence-corrected chi connectivity index (χ4v) is 5.47. The number of nitrogens with zero attached hydrogens (tertiary/aromatic N) is 4. The number of alkyl halides is 9. The van der Waals surface area contributed by atoms with Crippen LogP contribution in [-0.2, 0) is 41.9 Å². The third-order valence-corrected chi connectivity index (χ3v) is 8.54. The van der Waals surface area contributed by atoms with E-state index in [1.807, 2.05) is 59.8 Å². The number of likely N-dealkylation sites (tertiary alicyclic amines) is 1. The van der Waals surface area contributed by atoms with Crippen LogP contribution >= 0.6 is 0 Å². The molecule has 3 aromatic rings. The van der Waals surface area contributed by atoms with Gasteiger partial charge in [0.2, 0.25) is 5.91 Å². The van der Waals surface area contributed by atoms with Gasteiger partial charge in [-0.25, -0.2) is 19.4 Å². The summed E-state index contributed by atoms with van der Waals surface area (Å²) < 4.78 is 109. The molecular weight excluding hydrogens is 817 g/mol. The highest BCUT2D eigenvalue weighted by atomic mass is 19.4. The number of hydrogen-bond acceptors (Lipinski definition) is 9. The third-order valence-electron chi connectivity index (χ3n) is 8.54. The van der Waals surface area contributed by atoms with Crippen molar-refractivity contribution in [3.05, 3.63) is 77.4 Å². The molecule has 1 fully saturated rings. The molecule has 326 valence electrons. The molecule has 5 N–H and O–H groups in total. The van der Waals surface area contributed by atoms with Gasteiger partial charge in [-0.3, -0.25) is 4.79 Å². The average Bonchev–Trinajstić information content (AvgIpc) is 3.52. The zero-order valence-electron chi connectivity index (χ0n) is 31.7. The van der Waals surface area contributed by atoms with Crippen LogP contribution in [0.3, 0.4) is 0 Å². The lowest BCUT2D eigenvalue weighted by atomic mass is 9.73. The Morgan fingerprint density at radius 2 is 1.47 bits per heavy atom. The lowest BCUT2D eigenvalue weighted by molar-refractivity contribution is -0.193. The molecule has 0 radical (unpaired) electrons. The van der Waals surface area contributed by atoms with Gasteiger partial charge in [0.1, 0.15) is 17.6 Å². The van der Waals surface area contributed by atoms with Crippen LogP contribution in [0.25, 0.3) is 0 Å². The number of nitrogens with two attached hydrogens (primary N) is 1. The van der Waals surface area contributed by atoms with E-state index in [2.05, 4.69) is 18.0 Å². The van der Waals surface area contributed by atoms with Crippen molar-refractivity contribution < 1.29 is 83.5 Å². The van der Waals surface area contributed by atoms with Gasteiger partial charge < -0.3 is 40.0 Å². The molecule has 59 heavy (non-hydrogen) atoms. The van der Waals surface area contributed by atoms with Gasteiger partial charge in [-0.05, 0) is 61.6 Å². The number of imidazole rings is 1. The molecule has 2 aromatic carbocycles. The zero-order chi connectivity index (χ0) is 45.6. The predicted octanol–water partition coefficient (Wildman–Crippen LogP) is 6.51. The Hall–Kier alpha value is -5.89. The van der Waals surface area contributed by atoms with Crippen LogP contribution in [0, 0.1) is 11.3 Å². The highest BCUT2D eigenvalue weighted by molar-refractivity contribution is 5.88. The Labute approximate surface area is 330 Å². The number of methoxy groups -OCH3 is 1. The molecule has 4 rings (SSSR count). The van der Waals surface area contributed by atoms with Gasteiger partial charge in [0.15, 0.2) is 0 Å². The van der Waals surface area contributed by atoms with Crippen LogP contribution in [0.4, 0.5) is 39.5 Å². The lowest BCUT2D eigenvalue weighted by Gasteiger charge is -2.35. The van der Waals surface area contributed by atoms with Gasteiger partial charge in [-0.1, -0.05) is 31.5 Å². The number of aryl methyl sites for hydroxylation is 1. The zero-order valence-corrected chi connectivity index (χ0v) is 31.7. The van der Waals surface area contributed by atoms with E-state index >= 15 is 0 Å². The Bertz CT molecular complexity index is 1880. The van der Waals surface area contributed by atoms with Crippen molar-refractivity contribution in [3.63, 3.8) is 0 Å². The number of aromatic nitrogens is 2. The van der Waals surface area contributed by atoms with Crippen molar-refractivity contribution >= 4 is 23.8 Å². The summed E-state index contributed by atoms with van der Waals surface area (Å²) in [5.74, 6) is -7.14. The first kappa shape index (κ1) is 51.1. The maximum Gasteiger partial charge on any atom is 0.490 e. The molecule has 1 aliphatic rings. The highest BCUT2D eigenvalue weighted by Crippen LogP contribution is 2.40. The summed E-state index contributed by atoms with van der Waals surface area (Å²) in [6, 6.07) is 15.3. The topological polar surface area (TPSA) is 218 Å². The van der Waals surface area contributed by atoms with E-state index in [1.54, 1.807) is 25.7 Å². The molecule has 1 aliphatic heterocycles. The summed E-state index contributed by atoms with van der Waals surface area (Å²) in [6.45, 7) is 5.82. The first-order valence-corrected chi connectivity index (χ1v) is 16.9. The van der Waals surface area contributed by atoms with Crippen LogP contribution in [0.1, 0.15) is 61.9 Å². The van der Waals surface area contributed by atoms with Crippen LogP contribution < -0.4 is 10.5 Å². The number of ether oxygens (including phenoxy) is 2. The second kappa shape index (κ2) is 21.2. The molecule has 1 aromatic heterocycles. The summed E-state index contributed by atoms with van der Waals surface area (Å²) in [4.78, 5) is 46.7. The minimum atomic E-state index is -5.08. The lowest BCUT2D eigenvalue weighted by Crippen LogP contribution is -2.46. The van der Waals surface area contributed by atoms with Gasteiger partial charge in [0.05, 0.1) is 41.3 Å². The molecule has 2 unspecified atom stereocenters. The molecule has 0 bridgehead atoms. The monoisotopic (exact) mass is 857 g/mol. The van der Waals surface area contributed by atoms with Gasteiger partial charge in [-0.15, -0.1) is 0 Å². The van der Waals surface area contributed by atoms with Crippen molar-refractivity contribution in [2.75, 3.05) is 26.8 Å². The number of carboxylic acid groups (broad SMARTS) is 3. The molecule has 0 saturated carbocycles. The van der Waals surface area contributed by atoms with Crippen LogP contribution in [0.15, 0.2) is 55.0 Å². The quantitative estimate of drug-likeness (QED) is 0.169. The molecule has 1 saturated heterocycles. The number of halogens is 9. The Balaban J connectivity index is 0.000000678. The van der Waals surface area contributed by atoms with Crippen molar-refractivity contribution in [2.45, 2.75) is 69.0 Å². The maximum atomic E-state index is 13.8. The minimum Gasteiger partial charge on any atom is -0.475 e. The number of benzene rings is 2. The number of nitriles is 1. The SMILES string of the molecule is CCC1(c2cccc(Oc3cc(C(C)(N)c4cncn4C)ccc3C#N)c2)CCCCN(CCOC)C1=O.O=C(O)C(F)(F)F.O=C(O)C(F)(F)F.O=C(O)C(F)(F)F. The Morgan fingerprint density at radius 3 is 1.92 bits per heavy atom. The minimum absolute atomic E-state index is 0.140. The Morgan fingerprint density at radius 1 is 0.932 bits per heavy atom. The standard InChI is InChI=1S/C30H37N5O3.3C2HF3O2/c1-5-30(13-6-7-14-35(28(30)36)15-16-37-4)24-9-8-10-25(17-24)38-26-18-23(12-11-22(26)19-31)29(2,32)27-20-33-21-34(27)3;3*3-2(4,5)1(6)7/h8-12,17-18,20-21H,5-7,13-16,32H2,1-4H3;3*(H,6,7). The van der Waals surface area contributed by atoms with Gasteiger partial charge in [0.25, 0.3) is 0 Å². The van der Waals surface area contributed by atoms with E-state index in [0.717, 1.165) is 42.6 Å². The van der Waals surface area contributed by atoms with Crippen molar-refractivity contribution in [3.8, 4) is 17.6 Å². The smallest absolute Gasteiger partial charge is 0.475 e. The van der Waals surface area contributed by atoms with Gasteiger partial charge >= 0.3 is 36.4 Å². The molecule has 2 atom stereocenters. The van der Waals surface area contributed by atoms with E-state index < -0.39 is 47.4 Å². The summed E-state index contributed by atoms with van der Waals surface area (Å²) >= 11 is 0. The first-order chi connectivity index (χ1) is 27.1. The fourth-order valence-electron chi connectivity index (χ4n) is 5.47. The van der Waals surface area contributed by atoms with E-state index in [0.29, 0.717) is 36.6 Å². The third kappa shape index (κ3) is 14.8. The van der Waals surface area contributed by atoms with Crippen molar-refractivity contribution in [2.24, 2.45) is 12.8 Å². The number of aliphatic carboxylic acids is 3. The molecule has 1 amide bonds. The number of carboxylic acids is 3. The summed E-state index contributed by atoms with van der Waals surface area (Å²) in [5, 5.41) is 31.2. The number of carbonyl (C=O) groups is 4.